The van der Waals surface area contributed by atoms with E-state index in [2.05, 4.69) is 5.14 Å². The number of hydrogen-bond donors (Lipinski definition) is 1. The third-order valence-electron chi connectivity index (χ3n) is 3.80. The highest BCUT2D eigenvalue weighted by atomic mass is 32.2. The zero-order valence-electron chi connectivity index (χ0n) is 15.1. The molecule has 200 valence electrons. The van der Waals surface area contributed by atoms with Crippen LogP contribution in [0.4, 0.5) is 74.6 Å². The summed E-state index contributed by atoms with van der Waals surface area (Å²) in [5.41, 5.74) is 0. The number of hydrogen-bond acceptors (Lipinski definition) is 2. The average Bonchev–Trinajstić information content (AvgIpc) is 2.54. The molecule has 0 saturated carbocycles. The zero-order valence-corrected chi connectivity index (χ0v) is 15.9. The molecule has 2 N–H and O–H groups in total. The Balaban J connectivity index is 7.67. The fourth-order valence-corrected chi connectivity index (χ4v) is 3.16. The molecule has 0 aliphatic carbocycles. The van der Waals surface area contributed by atoms with Gasteiger partial charge in [0.15, 0.2) is 0 Å². The van der Waals surface area contributed by atoms with Crippen molar-refractivity contribution in [2.75, 3.05) is 6.54 Å². The Morgan fingerprint density at radius 1 is 0.576 bits per heavy atom. The van der Waals surface area contributed by atoms with Crippen LogP contribution in [0.2, 0.25) is 0 Å². The maximum atomic E-state index is 14.8. The van der Waals surface area contributed by atoms with Crippen LogP contribution in [0.25, 0.3) is 0 Å². The summed E-state index contributed by atoms with van der Waals surface area (Å²) in [5, 5.41) is 3.96. The third-order valence-corrected chi connectivity index (χ3v) is 4.85. The molecule has 0 aromatic rings. The molecule has 0 aliphatic heterocycles. The van der Waals surface area contributed by atoms with Crippen LogP contribution in [0.15, 0.2) is 0 Å². The summed E-state index contributed by atoms with van der Waals surface area (Å²) < 4.78 is 244. The van der Waals surface area contributed by atoms with Gasteiger partial charge in [-0.1, -0.05) is 6.92 Å². The SMILES string of the molecule is CCCN(C(F)(C(F)(F)C(F)(F)F)C(F)(F)C(F)(F)C(F)(F)C(F)(F)C(F)(F)F)S(N)(=O)=O. The Labute approximate surface area is 171 Å². The van der Waals surface area contributed by atoms with Crippen LogP contribution in [0, 0.1) is 0 Å². The van der Waals surface area contributed by atoms with Gasteiger partial charge >= 0.3 is 47.8 Å². The van der Waals surface area contributed by atoms with Crippen molar-refractivity contribution in [3.8, 4) is 0 Å². The fourth-order valence-electron chi connectivity index (χ4n) is 2.14. The van der Waals surface area contributed by atoms with Crippen molar-refractivity contribution >= 4 is 10.2 Å². The van der Waals surface area contributed by atoms with E-state index in [0.717, 1.165) is 0 Å². The molecule has 0 aromatic heterocycles. The van der Waals surface area contributed by atoms with Crippen LogP contribution < -0.4 is 5.14 Å². The van der Waals surface area contributed by atoms with Gasteiger partial charge in [0.05, 0.1) is 0 Å². The first-order chi connectivity index (χ1) is 13.9. The van der Waals surface area contributed by atoms with E-state index in [-0.39, 0.29) is 0 Å². The molecular formula is C11H9F17N2O2S. The minimum absolute atomic E-state index is 0.479. The molecule has 1 atom stereocenters. The Hall–Kier alpha value is -1.32. The second-order valence-corrected chi connectivity index (χ2v) is 7.58. The molecule has 0 radical (unpaired) electrons. The van der Waals surface area contributed by atoms with Crippen LogP contribution >= 0.6 is 0 Å². The maximum absolute atomic E-state index is 14.8. The molecule has 0 aromatic carbocycles. The number of alkyl halides is 17. The summed E-state index contributed by atoms with van der Waals surface area (Å²) in [6, 6.07) is 0. The Bertz CT molecular complexity index is 818. The molecule has 0 saturated heterocycles. The van der Waals surface area contributed by atoms with Crippen LogP contribution in [0.5, 0.6) is 0 Å². The summed E-state index contributed by atoms with van der Waals surface area (Å²) in [4.78, 5) is 0. The van der Waals surface area contributed by atoms with Crippen LogP contribution in [-0.2, 0) is 10.2 Å². The number of nitrogens with two attached hydrogens (primary N) is 1. The van der Waals surface area contributed by atoms with Crippen molar-refractivity contribution in [3.63, 3.8) is 0 Å². The molecule has 1 unspecified atom stereocenters. The van der Waals surface area contributed by atoms with Gasteiger partial charge in [0.2, 0.25) is 0 Å². The second-order valence-electron chi connectivity index (χ2n) is 6.11. The van der Waals surface area contributed by atoms with Gasteiger partial charge in [-0.05, 0) is 6.42 Å². The summed E-state index contributed by atoms with van der Waals surface area (Å²) in [6.45, 7) is -1.94. The van der Waals surface area contributed by atoms with Gasteiger partial charge in [0.25, 0.3) is 10.2 Å². The van der Waals surface area contributed by atoms with Gasteiger partial charge in [-0.25, -0.2) is 9.53 Å². The highest BCUT2D eigenvalue weighted by Gasteiger charge is 2.96. The Kier molecular flexibility index (Phi) is 7.80. The molecule has 0 spiro atoms. The van der Waals surface area contributed by atoms with Crippen molar-refractivity contribution < 1.29 is 83.1 Å². The molecule has 0 bridgehead atoms. The largest absolute Gasteiger partial charge is 0.460 e. The van der Waals surface area contributed by atoms with E-state index in [9.17, 15) is 83.1 Å². The van der Waals surface area contributed by atoms with E-state index in [4.69, 9.17) is 0 Å². The topological polar surface area (TPSA) is 63.4 Å². The summed E-state index contributed by atoms with van der Waals surface area (Å²) in [6.07, 6.45) is -17.0. The van der Waals surface area contributed by atoms with Crippen LogP contribution in [-0.4, -0.2) is 67.0 Å². The Morgan fingerprint density at radius 3 is 1.12 bits per heavy atom. The first-order valence-electron chi connectivity index (χ1n) is 7.46. The molecule has 33 heavy (non-hydrogen) atoms. The Morgan fingerprint density at radius 2 is 0.879 bits per heavy atom. The first kappa shape index (κ1) is 31.7. The molecule has 4 nitrogen and oxygen atoms in total. The fraction of sp³-hybridized carbons (Fsp3) is 1.00. The van der Waals surface area contributed by atoms with E-state index < -0.39 is 75.2 Å². The van der Waals surface area contributed by atoms with Gasteiger partial charge < -0.3 is 0 Å². The second kappa shape index (κ2) is 8.12. The van der Waals surface area contributed by atoms with E-state index in [1.165, 1.54) is 0 Å². The lowest BCUT2D eigenvalue weighted by Crippen LogP contribution is -2.80. The molecule has 0 rings (SSSR count). The summed E-state index contributed by atoms with van der Waals surface area (Å²) >= 11 is 0. The molecular weight excluding hydrogens is 547 g/mol. The van der Waals surface area contributed by atoms with Gasteiger partial charge in [0.1, 0.15) is 0 Å². The smallest absolute Gasteiger partial charge is 0.215 e. The van der Waals surface area contributed by atoms with Crippen molar-refractivity contribution in [2.24, 2.45) is 5.14 Å². The lowest BCUT2D eigenvalue weighted by Gasteiger charge is -2.48. The molecule has 0 aliphatic rings. The molecule has 22 heteroatoms. The van der Waals surface area contributed by atoms with Gasteiger partial charge in [-0.3, -0.25) is 0 Å². The predicted molar refractivity (Wildman–Crippen MR) is 70.8 cm³/mol. The van der Waals surface area contributed by atoms with Crippen molar-refractivity contribution in [2.45, 2.75) is 61.1 Å². The molecule has 0 fully saturated rings. The number of nitrogens with zero attached hydrogens (tertiary/aromatic N) is 1. The predicted octanol–water partition coefficient (Wildman–Crippen LogP) is 4.87. The van der Waals surface area contributed by atoms with Crippen molar-refractivity contribution in [1.82, 2.24) is 4.31 Å². The van der Waals surface area contributed by atoms with Crippen molar-refractivity contribution in [1.29, 1.82) is 0 Å². The number of rotatable bonds is 9. The van der Waals surface area contributed by atoms with E-state index in [1.807, 2.05) is 0 Å². The molecule has 0 amide bonds. The monoisotopic (exact) mass is 556 g/mol. The number of halogens is 17. The van der Waals surface area contributed by atoms with E-state index in [1.54, 1.807) is 0 Å². The highest BCUT2D eigenvalue weighted by Crippen LogP contribution is 2.64. The first-order valence-corrected chi connectivity index (χ1v) is 8.96. The third kappa shape index (κ3) is 4.29. The quantitative estimate of drug-likeness (QED) is 0.326. The van der Waals surface area contributed by atoms with Gasteiger partial charge in [-0.15, -0.1) is 4.31 Å². The highest BCUT2D eigenvalue weighted by molar-refractivity contribution is 7.86. The lowest BCUT2D eigenvalue weighted by atomic mass is 9.87. The van der Waals surface area contributed by atoms with Gasteiger partial charge in [0, 0.05) is 6.54 Å². The zero-order chi connectivity index (χ0) is 27.5. The van der Waals surface area contributed by atoms with E-state index in [0.29, 0.717) is 6.92 Å². The van der Waals surface area contributed by atoms with E-state index >= 15 is 0 Å². The summed E-state index contributed by atoms with van der Waals surface area (Å²) in [5.74, 6) is -50.5. The standard InChI is InChI=1S/C11H9F17N2O2S/c1-2-3-30(33(29,31)32)9(22,8(20,21)11(26,27)28)6(16,17)4(12,13)5(14,15)7(18,19)10(23,24)25/h2-3H2,1H3,(H2,29,31,32). The minimum atomic E-state index is -8.76. The lowest BCUT2D eigenvalue weighted by molar-refractivity contribution is -0.462. The normalized spacial score (nSPS) is 17.9. The van der Waals surface area contributed by atoms with Crippen molar-refractivity contribution in [3.05, 3.63) is 0 Å². The molecule has 0 heterocycles. The van der Waals surface area contributed by atoms with Crippen LogP contribution in [0.1, 0.15) is 13.3 Å². The maximum Gasteiger partial charge on any atom is 0.460 e. The van der Waals surface area contributed by atoms with Gasteiger partial charge in [-0.2, -0.15) is 78.7 Å². The average molecular weight is 556 g/mol. The van der Waals surface area contributed by atoms with Crippen LogP contribution in [0.3, 0.4) is 0 Å². The minimum Gasteiger partial charge on any atom is -0.215 e. The summed E-state index contributed by atoms with van der Waals surface area (Å²) in [7, 11) is -6.77.